The number of hydrogen-bond acceptors (Lipinski definition) is 3. The predicted molar refractivity (Wildman–Crippen MR) is 71.3 cm³/mol. The Labute approximate surface area is 104 Å². The van der Waals surface area contributed by atoms with Crippen LogP contribution in [0.4, 0.5) is 0 Å². The number of allylic oxidation sites excluding steroid dienone is 1. The standard InChI is InChI=1S/C14H22N2O/c1-10(2)7-8-17-14-6-5-12(4)16-13(14)9-11(3)15/h5-7,11H,8-9,15H2,1-4H3. The van der Waals surface area contributed by atoms with Crippen molar-refractivity contribution in [2.45, 2.75) is 40.2 Å². The molecule has 94 valence electrons. The Morgan fingerprint density at radius 1 is 1.47 bits per heavy atom. The SMILES string of the molecule is CC(C)=CCOc1ccc(C)nc1CC(C)N. The third-order valence-electron chi connectivity index (χ3n) is 2.32. The van der Waals surface area contributed by atoms with E-state index in [0.29, 0.717) is 6.61 Å². The zero-order chi connectivity index (χ0) is 12.8. The molecule has 0 saturated carbocycles. The van der Waals surface area contributed by atoms with Crippen LogP contribution in [0, 0.1) is 6.92 Å². The van der Waals surface area contributed by atoms with E-state index in [2.05, 4.69) is 24.9 Å². The zero-order valence-electron chi connectivity index (χ0n) is 11.2. The number of hydrogen-bond donors (Lipinski definition) is 1. The van der Waals surface area contributed by atoms with E-state index < -0.39 is 0 Å². The molecular formula is C14H22N2O. The van der Waals surface area contributed by atoms with Crippen LogP contribution in [0.3, 0.4) is 0 Å². The quantitative estimate of drug-likeness (QED) is 0.797. The summed E-state index contributed by atoms with van der Waals surface area (Å²) in [4.78, 5) is 4.49. The molecule has 0 bridgehead atoms. The van der Waals surface area contributed by atoms with Gasteiger partial charge in [0.15, 0.2) is 0 Å². The topological polar surface area (TPSA) is 48.1 Å². The molecule has 1 aromatic heterocycles. The Kier molecular flexibility index (Phi) is 5.16. The van der Waals surface area contributed by atoms with Gasteiger partial charge in [0.25, 0.3) is 0 Å². The summed E-state index contributed by atoms with van der Waals surface area (Å²) in [5.74, 6) is 0.838. The first-order valence-electron chi connectivity index (χ1n) is 5.97. The van der Waals surface area contributed by atoms with Crippen molar-refractivity contribution in [3.05, 3.63) is 35.2 Å². The third kappa shape index (κ3) is 5.00. The average Bonchev–Trinajstić information content (AvgIpc) is 2.20. The van der Waals surface area contributed by atoms with Crippen molar-refractivity contribution in [2.24, 2.45) is 5.73 Å². The number of rotatable bonds is 5. The molecule has 0 aliphatic heterocycles. The molecule has 1 heterocycles. The van der Waals surface area contributed by atoms with Crippen LogP contribution >= 0.6 is 0 Å². The number of pyridine rings is 1. The highest BCUT2D eigenvalue weighted by atomic mass is 16.5. The second-order valence-corrected chi connectivity index (χ2v) is 4.67. The molecule has 3 heteroatoms. The van der Waals surface area contributed by atoms with Gasteiger partial charge in [0.05, 0.1) is 5.69 Å². The van der Waals surface area contributed by atoms with Crippen LogP contribution in [-0.2, 0) is 6.42 Å². The van der Waals surface area contributed by atoms with Crippen LogP contribution in [0.5, 0.6) is 5.75 Å². The molecule has 0 aromatic carbocycles. The van der Waals surface area contributed by atoms with E-state index in [4.69, 9.17) is 10.5 Å². The van der Waals surface area contributed by atoms with Gasteiger partial charge in [-0.05, 0) is 45.9 Å². The number of ether oxygens (including phenoxy) is 1. The molecule has 0 saturated heterocycles. The molecule has 0 spiro atoms. The Morgan fingerprint density at radius 2 is 2.18 bits per heavy atom. The van der Waals surface area contributed by atoms with Crippen molar-refractivity contribution in [2.75, 3.05) is 6.61 Å². The lowest BCUT2D eigenvalue weighted by molar-refractivity contribution is 0.354. The molecule has 2 N–H and O–H groups in total. The van der Waals surface area contributed by atoms with Crippen LogP contribution < -0.4 is 10.5 Å². The van der Waals surface area contributed by atoms with Crippen molar-refractivity contribution in [3.63, 3.8) is 0 Å². The maximum atomic E-state index is 5.81. The van der Waals surface area contributed by atoms with Crippen molar-refractivity contribution in [3.8, 4) is 5.75 Å². The fourth-order valence-electron chi connectivity index (χ4n) is 1.48. The monoisotopic (exact) mass is 234 g/mol. The number of aryl methyl sites for hydroxylation is 1. The van der Waals surface area contributed by atoms with Gasteiger partial charge in [-0.2, -0.15) is 0 Å². The number of aromatic nitrogens is 1. The molecule has 0 amide bonds. The summed E-state index contributed by atoms with van der Waals surface area (Å²) in [6.07, 6.45) is 2.79. The first-order valence-corrected chi connectivity index (χ1v) is 5.97. The molecule has 3 nitrogen and oxygen atoms in total. The molecule has 1 rings (SSSR count). The van der Waals surface area contributed by atoms with Gasteiger partial charge in [-0.3, -0.25) is 4.98 Å². The Balaban J connectivity index is 2.79. The van der Waals surface area contributed by atoms with E-state index >= 15 is 0 Å². The second kappa shape index (κ2) is 6.40. The van der Waals surface area contributed by atoms with Gasteiger partial charge in [-0.25, -0.2) is 0 Å². The van der Waals surface area contributed by atoms with Gasteiger partial charge in [-0.15, -0.1) is 0 Å². The maximum Gasteiger partial charge on any atom is 0.141 e. The summed E-state index contributed by atoms with van der Waals surface area (Å²) >= 11 is 0. The normalized spacial score (nSPS) is 12.1. The lowest BCUT2D eigenvalue weighted by Gasteiger charge is -2.12. The summed E-state index contributed by atoms with van der Waals surface area (Å²) in [6.45, 7) is 8.65. The Hall–Kier alpha value is -1.35. The van der Waals surface area contributed by atoms with Gasteiger partial charge >= 0.3 is 0 Å². The molecule has 0 radical (unpaired) electrons. The van der Waals surface area contributed by atoms with Crippen LogP contribution in [0.25, 0.3) is 0 Å². The van der Waals surface area contributed by atoms with Crippen molar-refractivity contribution in [1.29, 1.82) is 0 Å². The minimum Gasteiger partial charge on any atom is -0.488 e. The van der Waals surface area contributed by atoms with Crippen LogP contribution in [0.1, 0.15) is 32.2 Å². The van der Waals surface area contributed by atoms with Crippen molar-refractivity contribution >= 4 is 0 Å². The van der Waals surface area contributed by atoms with E-state index in [-0.39, 0.29) is 6.04 Å². The summed E-state index contributed by atoms with van der Waals surface area (Å²) in [5, 5.41) is 0. The fourth-order valence-corrected chi connectivity index (χ4v) is 1.48. The smallest absolute Gasteiger partial charge is 0.141 e. The van der Waals surface area contributed by atoms with E-state index in [9.17, 15) is 0 Å². The summed E-state index contributed by atoms with van der Waals surface area (Å²) in [6, 6.07) is 4.02. The molecular weight excluding hydrogens is 212 g/mol. The van der Waals surface area contributed by atoms with E-state index in [1.54, 1.807) is 0 Å². The highest BCUT2D eigenvalue weighted by molar-refractivity contribution is 5.30. The summed E-state index contributed by atoms with van der Waals surface area (Å²) in [5.41, 5.74) is 9.00. The van der Waals surface area contributed by atoms with E-state index in [0.717, 1.165) is 23.6 Å². The predicted octanol–water partition coefficient (Wildman–Crippen LogP) is 2.62. The molecule has 0 aliphatic rings. The highest BCUT2D eigenvalue weighted by Crippen LogP contribution is 2.18. The minimum atomic E-state index is 0.0927. The summed E-state index contributed by atoms with van der Waals surface area (Å²) in [7, 11) is 0. The van der Waals surface area contributed by atoms with Gasteiger partial charge in [-0.1, -0.05) is 5.57 Å². The van der Waals surface area contributed by atoms with Gasteiger partial charge in [0.1, 0.15) is 12.4 Å². The van der Waals surface area contributed by atoms with Crippen LogP contribution in [0.15, 0.2) is 23.8 Å². The Bertz CT molecular complexity index is 393. The fraction of sp³-hybridized carbons (Fsp3) is 0.500. The first kappa shape index (κ1) is 13.7. The molecule has 0 fully saturated rings. The van der Waals surface area contributed by atoms with Gasteiger partial charge in [0.2, 0.25) is 0 Å². The molecule has 0 aliphatic carbocycles. The minimum absolute atomic E-state index is 0.0927. The van der Waals surface area contributed by atoms with E-state index in [1.165, 1.54) is 5.57 Å². The molecule has 1 unspecified atom stereocenters. The van der Waals surface area contributed by atoms with Crippen molar-refractivity contribution < 1.29 is 4.74 Å². The lowest BCUT2D eigenvalue weighted by Crippen LogP contribution is -2.19. The van der Waals surface area contributed by atoms with Gasteiger partial charge in [0, 0.05) is 18.2 Å². The molecule has 1 atom stereocenters. The van der Waals surface area contributed by atoms with E-state index in [1.807, 2.05) is 26.0 Å². The van der Waals surface area contributed by atoms with Gasteiger partial charge < -0.3 is 10.5 Å². The summed E-state index contributed by atoms with van der Waals surface area (Å²) < 4.78 is 5.71. The number of nitrogens with zero attached hydrogens (tertiary/aromatic N) is 1. The third-order valence-corrected chi connectivity index (χ3v) is 2.32. The zero-order valence-corrected chi connectivity index (χ0v) is 11.2. The second-order valence-electron chi connectivity index (χ2n) is 4.67. The first-order chi connectivity index (χ1) is 7.99. The highest BCUT2D eigenvalue weighted by Gasteiger charge is 2.07. The van der Waals surface area contributed by atoms with Crippen LogP contribution in [-0.4, -0.2) is 17.6 Å². The maximum absolute atomic E-state index is 5.81. The van der Waals surface area contributed by atoms with Crippen molar-refractivity contribution in [1.82, 2.24) is 4.98 Å². The lowest BCUT2D eigenvalue weighted by atomic mass is 10.1. The average molecular weight is 234 g/mol. The Morgan fingerprint density at radius 3 is 2.76 bits per heavy atom. The number of nitrogens with two attached hydrogens (primary N) is 1. The molecule has 17 heavy (non-hydrogen) atoms. The largest absolute Gasteiger partial charge is 0.488 e. The molecule has 1 aromatic rings. The van der Waals surface area contributed by atoms with Crippen LogP contribution in [0.2, 0.25) is 0 Å².